The summed E-state index contributed by atoms with van der Waals surface area (Å²) < 4.78 is 11.0. The Morgan fingerprint density at radius 2 is 1.93 bits per heavy atom. The molecule has 0 aliphatic carbocycles. The molecular formula is C20H32IN5O4. The molecular weight excluding hydrogens is 501 g/mol. The number of ether oxygens (including phenoxy) is 1. The molecule has 0 spiro atoms. The summed E-state index contributed by atoms with van der Waals surface area (Å²) in [5, 5.41) is 3.38. The van der Waals surface area contributed by atoms with Crippen molar-refractivity contribution in [3.8, 4) is 0 Å². The maximum absolute atomic E-state index is 12.5. The van der Waals surface area contributed by atoms with Gasteiger partial charge < -0.3 is 29.2 Å². The van der Waals surface area contributed by atoms with Crippen molar-refractivity contribution in [2.24, 2.45) is 4.99 Å². The first-order chi connectivity index (χ1) is 14.0. The Bertz CT molecular complexity index is 696. The molecule has 2 fully saturated rings. The third-order valence-electron chi connectivity index (χ3n) is 5.22. The molecule has 168 valence electrons. The number of hydrogen-bond acceptors (Lipinski definition) is 5. The fourth-order valence-electron chi connectivity index (χ4n) is 3.40. The van der Waals surface area contributed by atoms with E-state index in [1.54, 1.807) is 31.1 Å². The average molecular weight is 533 g/mol. The molecule has 1 aromatic heterocycles. The van der Waals surface area contributed by atoms with Crippen LogP contribution in [-0.4, -0.2) is 98.5 Å². The van der Waals surface area contributed by atoms with Gasteiger partial charge >= 0.3 is 0 Å². The normalized spacial score (nSPS) is 19.8. The molecule has 0 radical (unpaired) electrons. The molecule has 0 saturated carbocycles. The highest BCUT2D eigenvalue weighted by Crippen LogP contribution is 2.13. The number of carbonyl (C=O) groups is 2. The summed E-state index contributed by atoms with van der Waals surface area (Å²) in [5.41, 5.74) is 0. The van der Waals surface area contributed by atoms with E-state index in [-0.39, 0.29) is 48.4 Å². The Hall–Kier alpha value is -1.82. The molecule has 3 rings (SSSR count). The van der Waals surface area contributed by atoms with Crippen LogP contribution in [0.5, 0.6) is 0 Å². The van der Waals surface area contributed by atoms with E-state index >= 15 is 0 Å². The molecule has 2 aliphatic rings. The van der Waals surface area contributed by atoms with E-state index in [1.807, 2.05) is 0 Å². The van der Waals surface area contributed by atoms with Gasteiger partial charge in [-0.3, -0.25) is 9.59 Å². The van der Waals surface area contributed by atoms with Crippen LogP contribution in [0.1, 0.15) is 29.8 Å². The molecule has 1 atom stereocenters. The van der Waals surface area contributed by atoms with Gasteiger partial charge in [0.2, 0.25) is 5.91 Å². The highest BCUT2D eigenvalue weighted by Gasteiger charge is 2.26. The van der Waals surface area contributed by atoms with E-state index in [0.717, 1.165) is 19.4 Å². The van der Waals surface area contributed by atoms with Crippen molar-refractivity contribution in [3.05, 3.63) is 24.2 Å². The van der Waals surface area contributed by atoms with Crippen molar-refractivity contribution in [1.29, 1.82) is 0 Å². The van der Waals surface area contributed by atoms with E-state index in [2.05, 4.69) is 15.2 Å². The second-order valence-electron chi connectivity index (χ2n) is 7.55. The van der Waals surface area contributed by atoms with E-state index < -0.39 is 0 Å². The second kappa shape index (κ2) is 12.1. The summed E-state index contributed by atoms with van der Waals surface area (Å²) in [7, 11) is 3.44. The van der Waals surface area contributed by atoms with Gasteiger partial charge in [0, 0.05) is 53.4 Å². The van der Waals surface area contributed by atoms with Crippen LogP contribution in [0, 0.1) is 0 Å². The largest absolute Gasteiger partial charge is 0.459 e. The third kappa shape index (κ3) is 6.86. The Labute approximate surface area is 194 Å². The molecule has 0 bridgehead atoms. The lowest BCUT2D eigenvalue weighted by Gasteiger charge is -2.36. The fourth-order valence-corrected chi connectivity index (χ4v) is 3.40. The van der Waals surface area contributed by atoms with Crippen LogP contribution in [0.2, 0.25) is 0 Å². The first-order valence-electron chi connectivity index (χ1n) is 10.2. The van der Waals surface area contributed by atoms with Crippen molar-refractivity contribution in [2.75, 3.05) is 60.0 Å². The number of aliphatic imine (C=N–C) groups is 1. The first kappa shape index (κ1) is 24.4. The minimum atomic E-state index is -0.0977. The zero-order valence-corrected chi connectivity index (χ0v) is 20.0. The lowest BCUT2D eigenvalue weighted by molar-refractivity contribution is -0.127. The van der Waals surface area contributed by atoms with Gasteiger partial charge in [0.1, 0.15) is 6.54 Å². The summed E-state index contributed by atoms with van der Waals surface area (Å²) in [6.45, 7) is 3.97. The van der Waals surface area contributed by atoms with Crippen molar-refractivity contribution >= 4 is 41.8 Å². The van der Waals surface area contributed by atoms with Crippen LogP contribution in [0.25, 0.3) is 0 Å². The summed E-state index contributed by atoms with van der Waals surface area (Å²) in [6, 6.07) is 3.40. The van der Waals surface area contributed by atoms with Crippen LogP contribution in [0.15, 0.2) is 27.8 Å². The van der Waals surface area contributed by atoms with E-state index in [1.165, 1.54) is 17.6 Å². The number of guanidine groups is 1. The van der Waals surface area contributed by atoms with E-state index in [9.17, 15) is 9.59 Å². The van der Waals surface area contributed by atoms with Gasteiger partial charge in [0.05, 0.1) is 12.4 Å². The second-order valence-corrected chi connectivity index (χ2v) is 7.55. The number of amides is 2. The number of piperazine rings is 1. The molecule has 9 nitrogen and oxygen atoms in total. The third-order valence-corrected chi connectivity index (χ3v) is 5.22. The van der Waals surface area contributed by atoms with Crippen LogP contribution < -0.4 is 5.32 Å². The Morgan fingerprint density at radius 3 is 2.53 bits per heavy atom. The number of nitrogens with one attached hydrogen (secondary N) is 1. The molecule has 1 unspecified atom stereocenters. The molecule has 2 aliphatic heterocycles. The monoisotopic (exact) mass is 533 g/mol. The topological polar surface area (TPSA) is 90.6 Å². The molecule has 1 aromatic rings. The Balaban J connectivity index is 0.00000320. The number of furan rings is 1. The zero-order chi connectivity index (χ0) is 20.6. The minimum absolute atomic E-state index is 0. The van der Waals surface area contributed by atoms with E-state index in [0.29, 0.717) is 44.4 Å². The quantitative estimate of drug-likeness (QED) is 0.348. The molecule has 0 aromatic carbocycles. The standard InChI is InChI=1S/C20H31N5O4.HI/c1-23(2)18(26)15-22-20(21-14-16-6-3-4-12-28-16)25-10-8-24(9-11-25)19(27)17-7-5-13-29-17;/h5,7,13,16H,3-4,6,8-12,14-15H2,1-2H3,(H,21,22);1H. The van der Waals surface area contributed by atoms with Gasteiger partial charge in [0.25, 0.3) is 5.91 Å². The van der Waals surface area contributed by atoms with Crippen molar-refractivity contribution in [3.63, 3.8) is 0 Å². The SMILES string of the molecule is CN(C)C(=O)CN=C(NCC1CCCCO1)N1CCN(C(=O)c2ccco2)CC1.I. The summed E-state index contributed by atoms with van der Waals surface area (Å²) in [4.78, 5) is 34.4. The molecule has 2 amide bonds. The molecule has 10 heteroatoms. The van der Waals surface area contributed by atoms with Gasteiger partial charge in [-0.05, 0) is 31.4 Å². The van der Waals surface area contributed by atoms with Gasteiger partial charge in [-0.25, -0.2) is 4.99 Å². The lowest BCUT2D eigenvalue weighted by atomic mass is 10.1. The van der Waals surface area contributed by atoms with E-state index in [4.69, 9.17) is 9.15 Å². The lowest BCUT2D eigenvalue weighted by Crippen LogP contribution is -2.54. The predicted octanol–water partition coefficient (Wildman–Crippen LogP) is 1.26. The van der Waals surface area contributed by atoms with Gasteiger partial charge in [-0.15, -0.1) is 24.0 Å². The Kier molecular flexibility index (Phi) is 9.89. The zero-order valence-electron chi connectivity index (χ0n) is 17.7. The van der Waals surface area contributed by atoms with Crippen LogP contribution in [-0.2, 0) is 9.53 Å². The molecule has 3 heterocycles. The minimum Gasteiger partial charge on any atom is -0.459 e. The molecule has 30 heavy (non-hydrogen) atoms. The van der Waals surface area contributed by atoms with Crippen LogP contribution in [0.4, 0.5) is 0 Å². The highest BCUT2D eigenvalue weighted by molar-refractivity contribution is 14.0. The Morgan fingerprint density at radius 1 is 1.20 bits per heavy atom. The van der Waals surface area contributed by atoms with Crippen molar-refractivity contribution in [1.82, 2.24) is 20.0 Å². The average Bonchev–Trinajstić information content (AvgIpc) is 3.29. The van der Waals surface area contributed by atoms with Crippen molar-refractivity contribution < 1.29 is 18.7 Å². The van der Waals surface area contributed by atoms with Gasteiger partial charge in [0.15, 0.2) is 11.7 Å². The predicted molar refractivity (Wildman–Crippen MR) is 124 cm³/mol. The van der Waals surface area contributed by atoms with Crippen LogP contribution in [0.3, 0.4) is 0 Å². The molecule has 2 saturated heterocycles. The number of nitrogens with zero attached hydrogens (tertiary/aromatic N) is 4. The summed E-state index contributed by atoms with van der Waals surface area (Å²) in [5.74, 6) is 0.903. The maximum atomic E-state index is 12.5. The fraction of sp³-hybridized carbons (Fsp3) is 0.650. The van der Waals surface area contributed by atoms with Gasteiger partial charge in [-0.1, -0.05) is 0 Å². The number of likely N-dealkylation sites (N-methyl/N-ethyl adjacent to an activating group) is 1. The number of hydrogen-bond donors (Lipinski definition) is 1. The van der Waals surface area contributed by atoms with Crippen molar-refractivity contribution in [2.45, 2.75) is 25.4 Å². The smallest absolute Gasteiger partial charge is 0.289 e. The maximum Gasteiger partial charge on any atom is 0.289 e. The number of rotatable bonds is 5. The number of carbonyl (C=O) groups excluding carboxylic acids is 2. The summed E-state index contributed by atoms with van der Waals surface area (Å²) in [6.07, 6.45) is 4.99. The summed E-state index contributed by atoms with van der Waals surface area (Å²) >= 11 is 0. The number of halogens is 1. The van der Waals surface area contributed by atoms with Gasteiger partial charge in [-0.2, -0.15) is 0 Å². The first-order valence-corrected chi connectivity index (χ1v) is 10.2. The molecule has 1 N–H and O–H groups in total. The highest BCUT2D eigenvalue weighted by atomic mass is 127. The van der Waals surface area contributed by atoms with Crippen LogP contribution >= 0.6 is 24.0 Å².